The molecule has 0 aliphatic carbocycles. The van der Waals surface area contributed by atoms with Gasteiger partial charge in [0.2, 0.25) is 0 Å². The van der Waals surface area contributed by atoms with Crippen LogP contribution in [-0.4, -0.2) is 0 Å². The van der Waals surface area contributed by atoms with Crippen molar-refractivity contribution in [1.82, 2.24) is 0 Å². The summed E-state index contributed by atoms with van der Waals surface area (Å²) in [4.78, 5) is 0. The zero-order chi connectivity index (χ0) is 9.84. The molecule has 0 aliphatic heterocycles. The molecule has 1 rings (SSSR count). The molecule has 0 heteroatoms. The van der Waals surface area contributed by atoms with E-state index in [1.54, 1.807) is 0 Å². The topological polar surface area (TPSA) is 0 Å². The normalized spacial score (nSPS) is 10.7. The molecule has 1 aromatic carbocycles. The fourth-order valence-corrected chi connectivity index (χ4v) is 1.39. The van der Waals surface area contributed by atoms with Crippen LogP contribution >= 0.6 is 0 Å². The van der Waals surface area contributed by atoms with Gasteiger partial charge in [-0.2, -0.15) is 0 Å². The average Bonchev–Trinajstić information content (AvgIpc) is 2.04. The number of rotatable bonds is 2. The van der Waals surface area contributed by atoms with Gasteiger partial charge in [-0.05, 0) is 31.9 Å². The minimum Gasteiger partial charge on any atom is -0.0955 e. The predicted octanol–water partition coefficient (Wildman–Crippen LogP) is 4.06. The maximum atomic E-state index is 3.96. The third-order valence-corrected chi connectivity index (χ3v) is 2.01. The average molecular weight is 172 g/mol. The van der Waals surface area contributed by atoms with Crippen molar-refractivity contribution >= 4 is 11.6 Å². The summed E-state index contributed by atoms with van der Waals surface area (Å²) in [6.07, 6.45) is 4.18. The number of allylic oxidation sites excluding steroid dienone is 2. The molecule has 0 nitrogen and oxygen atoms in total. The SMILES string of the molecule is C=C(C)c1ccc(C)cc1C=CC. The van der Waals surface area contributed by atoms with Crippen LogP contribution in [0.3, 0.4) is 0 Å². The Morgan fingerprint density at radius 1 is 1.38 bits per heavy atom. The van der Waals surface area contributed by atoms with Gasteiger partial charge >= 0.3 is 0 Å². The van der Waals surface area contributed by atoms with Crippen LogP contribution in [-0.2, 0) is 0 Å². The molecule has 0 unspecified atom stereocenters. The van der Waals surface area contributed by atoms with Gasteiger partial charge in [0.25, 0.3) is 0 Å². The second kappa shape index (κ2) is 4.08. The Kier molecular flexibility index (Phi) is 3.07. The van der Waals surface area contributed by atoms with Gasteiger partial charge in [0, 0.05) is 0 Å². The third kappa shape index (κ3) is 2.32. The van der Waals surface area contributed by atoms with Crippen molar-refractivity contribution in [3.63, 3.8) is 0 Å². The molecule has 0 amide bonds. The molecular weight excluding hydrogens is 156 g/mol. The van der Waals surface area contributed by atoms with E-state index >= 15 is 0 Å². The van der Waals surface area contributed by atoms with Gasteiger partial charge in [-0.15, -0.1) is 0 Å². The lowest BCUT2D eigenvalue weighted by Crippen LogP contribution is -1.85. The van der Waals surface area contributed by atoms with Crippen molar-refractivity contribution < 1.29 is 0 Å². The lowest BCUT2D eigenvalue weighted by molar-refractivity contribution is 1.43. The van der Waals surface area contributed by atoms with Crippen molar-refractivity contribution in [2.75, 3.05) is 0 Å². The largest absolute Gasteiger partial charge is 0.0955 e. The summed E-state index contributed by atoms with van der Waals surface area (Å²) in [5.41, 5.74) is 4.91. The van der Waals surface area contributed by atoms with Crippen LogP contribution in [0, 0.1) is 6.92 Å². The summed E-state index contributed by atoms with van der Waals surface area (Å²) in [6, 6.07) is 6.44. The van der Waals surface area contributed by atoms with Crippen LogP contribution in [0.4, 0.5) is 0 Å². The zero-order valence-corrected chi connectivity index (χ0v) is 8.59. The molecule has 0 saturated heterocycles. The first-order chi connectivity index (χ1) is 6.15. The molecule has 13 heavy (non-hydrogen) atoms. The van der Waals surface area contributed by atoms with E-state index in [-0.39, 0.29) is 0 Å². The van der Waals surface area contributed by atoms with Crippen molar-refractivity contribution in [2.45, 2.75) is 20.8 Å². The van der Waals surface area contributed by atoms with Crippen molar-refractivity contribution in [3.8, 4) is 0 Å². The van der Waals surface area contributed by atoms with Crippen molar-refractivity contribution in [1.29, 1.82) is 0 Å². The summed E-state index contributed by atoms with van der Waals surface area (Å²) >= 11 is 0. The van der Waals surface area contributed by atoms with E-state index in [1.165, 1.54) is 16.7 Å². The first-order valence-corrected chi connectivity index (χ1v) is 4.54. The Bertz CT molecular complexity index is 343. The maximum Gasteiger partial charge on any atom is -0.0161 e. The lowest BCUT2D eigenvalue weighted by atomic mass is 9.99. The second-order valence-electron chi connectivity index (χ2n) is 3.37. The Labute approximate surface area is 80.6 Å². The Morgan fingerprint density at radius 3 is 2.62 bits per heavy atom. The van der Waals surface area contributed by atoms with Crippen LogP contribution < -0.4 is 0 Å². The first-order valence-electron chi connectivity index (χ1n) is 4.54. The molecule has 0 atom stereocenters. The molecule has 0 heterocycles. The quantitative estimate of drug-likeness (QED) is 0.631. The number of hydrogen-bond acceptors (Lipinski definition) is 0. The fourth-order valence-electron chi connectivity index (χ4n) is 1.39. The number of benzene rings is 1. The fraction of sp³-hybridized carbons (Fsp3) is 0.231. The number of aryl methyl sites for hydroxylation is 1. The molecule has 0 radical (unpaired) electrons. The smallest absolute Gasteiger partial charge is 0.0161 e. The van der Waals surface area contributed by atoms with Crippen molar-refractivity contribution in [2.24, 2.45) is 0 Å². The molecule has 0 fully saturated rings. The van der Waals surface area contributed by atoms with Gasteiger partial charge in [-0.3, -0.25) is 0 Å². The molecule has 68 valence electrons. The summed E-state index contributed by atoms with van der Waals surface area (Å²) < 4.78 is 0. The second-order valence-corrected chi connectivity index (χ2v) is 3.37. The minimum atomic E-state index is 1.12. The molecule has 1 aromatic rings. The highest BCUT2D eigenvalue weighted by Crippen LogP contribution is 2.20. The molecular formula is C13H16. The summed E-state index contributed by atoms with van der Waals surface area (Å²) in [7, 11) is 0. The van der Waals surface area contributed by atoms with E-state index in [2.05, 4.69) is 43.9 Å². The van der Waals surface area contributed by atoms with Gasteiger partial charge in [0.1, 0.15) is 0 Å². The molecule has 0 N–H and O–H groups in total. The standard InChI is InChI=1S/C13H16/c1-5-6-12-9-11(4)7-8-13(12)10(2)3/h5-9H,2H2,1,3-4H3. The highest BCUT2D eigenvalue weighted by molar-refractivity contribution is 5.72. The Hall–Kier alpha value is -1.30. The highest BCUT2D eigenvalue weighted by Gasteiger charge is 1.99. The van der Waals surface area contributed by atoms with E-state index in [0.29, 0.717) is 0 Å². The first kappa shape index (κ1) is 9.79. The van der Waals surface area contributed by atoms with Crippen LogP contribution in [0.1, 0.15) is 30.5 Å². The third-order valence-electron chi connectivity index (χ3n) is 2.01. The summed E-state index contributed by atoms with van der Waals surface area (Å²) in [6.45, 7) is 10.1. The highest BCUT2D eigenvalue weighted by atomic mass is 14.0. The maximum absolute atomic E-state index is 3.96. The molecule has 0 aromatic heterocycles. The predicted molar refractivity (Wildman–Crippen MR) is 60.6 cm³/mol. The van der Waals surface area contributed by atoms with Crippen LogP contribution in [0.25, 0.3) is 11.6 Å². The molecule has 0 bridgehead atoms. The van der Waals surface area contributed by atoms with Gasteiger partial charge in [-0.25, -0.2) is 0 Å². The summed E-state index contributed by atoms with van der Waals surface area (Å²) in [5.74, 6) is 0. The van der Waals surface area contributed by atoms with Gasteiger partial charge in [0.05, 0.1) is 0 Å². The van der Waals surface area contributed by atoms with Gasteiger partial charge in [0.15, 0.2) is 0 Å². The van der Waals surface area contributed by atoms with E-state index in [4.69, 9.17) is 0 Å². The van der Waals surface area contributed by atoms with E-state index in [9.17, 15) is 0 Å². The zero-order valence-electron chi connectivity index (χ0n) is 8.59. The van der Waals surface area contributed by atoms with Crippen LogP contribution in [0.2, 0.25) is 0 Å². The molecule has 0 saturated carbocycles. The molecule has 0 aliphatic rings. The van der Waals surface area contributed by atoms with Gasteiger partial charge in [-0.1, -0.05) is 48.1 Å². The van der Waals surface area contributed by atoms with Crippen molar-refractivity contribution in [3.05, 3.63) is 47.5 Å². The molecule has 0 spiro atoms. The van der Waals surface area contributed by atoms with Crippen LogP contribution in [0.5, 0.6) is 0 Å². The summed E-state index contributed by atoms with van der Waals surface area (Å²) in [5, 5.41) is 0. The minimum absolute atomic E-state index is 1.12. The van der Waals surface area contributed by atoms with Crippen LogP contribution in [0.15, 0.2) is 30.9 Å². The lowest BCUT2D eigenvalue weighted by Gasteiger charge is -2.06. The van der Waals surface area contributed by atoms with Gasteiger partial charge < -0.3 is 0 Å². The van der Waals surface area contributed by atoms with E-state index in [1.807, 2.05) is 13.8 Å². The Morgan fingerprint density at radius 2 is 2.08 bits per heavy atom. The number of hydrogen-bond donors (Lipinski definition) is 0. The Balaban J connectivity index is 3.26. The monoisotopic (exact) mass is 172 g/mol. The van der Waals surface area contributed by atoms with E-state index < -0.39 is 0 Å². The van der Waals surface area contributed by atoms with E-state index in [0.717, 1.165) is 5.57 Å².